The van der Waals surface area contributed by atoms with E-state index in [1.807, 2.05) is 12.1 Å². The number of carbonyl (C=O) groups excluding carboxylic acids is 1. The molecule has 110 valence electrons. The van der Waals surface area contributed by atoms with Crippen LogP contribution in [0.5, 0.6) is 11.5 Å². The number of hydrogen-bond acceptors (Lipinski definition) is 3. The number of nitrogens with zero attached hydrogens (tertiary/aromatic N) is 1. The highest BCUT2D eigenvalue weighted by atomic mass is 35.5. The minimum absolute atomic E-state index is 0.195. The fourth-order valence-electron chi connectivity index (χ4n) is 1.95. The molecule has 0 heterocycles. The Morgan fingerprint density at radius 2 is 1.71 bits per heavy atom. The van der Waals surface area contributed by atoms with E-state index in [2.05, 4.69) is 0 Å². The second-order valence-corrected chi connectivity index (χ2v) is 4.84. The largest absolute Gasteiger partial charge is 0.497 e. The highest BCUT2D eigenvalue weighted by Gasteiger charge is 2.18. The molecule has 1 amide bonds. The molecule has 0 aliphatic carbocycles. The third-order valence-corrected chi connectivity index (χ3v) is 3.39. The van der Waals surface area contributed by atoms with Crippen LogP contribution in [0.4, 0.5) is 5.69 Å². The molecular weight excluding hydrogens is 290 g/mol. The van der Waals surface area contributed by atoms with Crippen LogP contribution in [0, 0.1) is 0 Å². The maximum atomic E-state index is 12.6. The van der Waals surface area contributed by atoms with Crippen LogP contribution in [0.1, 0.15) is 10.4 Å². The average Bonchev–Trinajstić information content (AvgIpc) is 2.53. The Morgan fingerprint density at radius 3 is 2.29 bits per heavy atom. The molecule has 0 fully saturated rings. The van der Waals surface area contributed by atoms with Gasteiger partial charge in [-0.1, -0.05) is 11.6 Å². The van der Waals surface area contributed by atoms with Gasteiger partial charge in [0.15, 0.2) is 0 Å². The summed E-state index contributed by atoms with van der Waals surface area (Å²) in [5, 5.41) is 0.488. The molecule has 2 aromatic carbocycles. The topological polar surface area (TPSA) is 38.8 Å². The van der Waals surface area contributed by atoms with E-state index in [0.717, 1.165) is 11.4 Å². The van der Waals surface area contributed by atoms with Crippen molar-refractivity contribution < 1.29 is 14.3 Å². The average molecular weight is 306 g/mol. The minimum atomic E-state index is -0.195. The molecule has 2 aromatic rings. The Hall–Kier alpha value is -2.20. The third kappa shape index (κ3) is 3.28. The molecule has 0 aliphatic rings. The Balaban J connectivity index is 2.32. The second kappa shape index (κ2) is 6.50. The van der Waals surface area contributed by atoms with Crippen LogP contribution in [-0.2, 0) is 0 Å². The van der Waals surface area contributed by atoms with Gasteiger partial charge in [0.05, 0.1) is 19.8 Å². The predicted octanol–water partition coefficient (Wildman–Crippen LogP) is 3.63. The number of rotatable bonds is 4. The van der Waals surface area contributed by atoms with Crippen molar-refractivity contribution in [2.45, 2.75) is 0 Å². The van der Waals surface area contributed by atoms with Crippen molar-refractivity contribution in [3.63, 3.8) is 0 Å². The lowest BCUT2D eigenvalue weighted by molar-refractivity contribution is 0.0990. The third-order valence-electron chi connectivity index (χ3n) is 3.16. The van der Waals surface area contributed by atoms with Crippen LogP contribution in [-0.4, -0.2) is 27.2 Å². The molecule has 0 spiro atoms. The lowest BCUT2D eigenvalue weighted by atomic mass is 10.1. The number of hydrogen-bond donors (Lipinski definition) is 0. The molecule has 0 bridgehead atoms. The summed E-state index contributed by atoms with van der Waals surface area (Å²) in [6.07, 6.45) is 0. The molecule has 0 radical (unpaired) electrons. The summed E-state index contributed by atoms with van der Waals surface area (Å²) in [4.78, 5) is 14.1. The van der Waals surface area contributed by atoms with Crippen LogP contribution in [0.25, 0.3) is 0 Å². The maximum absolute atomic E-state index is 12.6. The molecule has 2 rings (SSSR count). The monoisotopic (exact) mass is 305 g/mol. The number of carbonyl (C=O) groups is 1. The van der Waals surface area contributed by atoms with E-state index in [0.29, 0.717) is 16.3 Å². The van der Waals surface area contributed by atoms with Crippen LogP contribution >= 0.6 is 11.6 Å². The quantitative estimate of drug-likeness (QED) is 0.866. The fraction of sp³-hybridized carbons (Fsp3) is 0.188. The zero-order valence-electron chi connectivity index (χ0n) is 12.1. The minimum Gasteiger partial charge on any atom is -0.497 e. The summed E-state index contributed by atoms with van der Waals surface area (Å²) in [6.45, 7) is 0. The van der Waals surface area contributed by atoms with Gasteiger partial charge in [0.2, 0.25) is 0 Å². The number of benzene rings is 2. The molecule has 4 nitrogen and oxygen atoms in total. The van der Waals surface area contributed by atoms with Crippen LogP contribution < -0.4 is 14.4 Å². The fourth-order valence-corrected chi connectivity index (χ4v) is 2.12. The number of ether oxygens (including phenoxy) is 2. The van der Waals surface area contributed by atoms with E-state index >= 15 is 0 Å². The Morgan fingerprint density at radius 1 is 1.05 bits per heavy atom. The Kier molecular flexibility index (Phi) is 4.70. The van der Waals surface area contributed by atoms with Crippen molar-refractivity contribution in [1.29, 1.82) is 0 Å². The highest BCUT2D eigenvalue weighted by Crippen LogP contribution is 2.26. The first-order valence-corrected chi connectivity index (χ1v) is 6.70. The zero-order valence-corrected chi connectivity index (χ0v) is 12.8. The first-order chi connectivity index (χ1) is 10.1. The summed E-state index contributed by atoms with van der Waals surface area (Å²) in [5.41, 5.74) is 1.17. The van der Waals surface area contributed by atoms with E-state index < -0.39 is 0 Å². The predicted molar refractivity (Wildman–Crippen MR) is 83.7 cm³/mol. The lowest BCUT2D eigenvalue weighted by Crippen LogP contribution is -2.26. The van der Waals surface area contributed by atoms with Crippen molar-refractivity contribution in [3.05, 3.63) is 53.1 Å². The first-order valence-electron chi connectivity index (χ1n) is 6.32. The van der Waals surface area contributed by atoms with Gasteiger partial charge in [0, 0.05) is 17.8 Å². The van der Waals surface area contributed by atoms with Gasteiger partial charge < -0.3 is 14.4 Å². The smallest absolute Gasteiger partial charge is 0.261 e. The molecule has 0 N–H and O–H groups in total. The molecule has 0 aliphatic heterocycles. The van der Waals surface area contributed by atoms with Gasteiger partial charge in [-0.2, -0.15) is 0 Å². The summed E-state index contributed by atoms with van der Waals surface area (Å²) in [6, 6.07) is 12.2. The highest BCUT2D eigenvalue weighted by molar-refractivity contribution is 6.31. The maximum Gasteiger partial charge on any atom is 0.261 e. The molecule has 0 atom stereocenters. The van der Waals surface area contributed by atoms with E-state index in [9.17, 15) is 4.79 Å². The van der Waals surface area contributed by atoms with E-state index in [1.165, 1.54) is 12.0 Å². The second-order valence-electron chi connectivity index (χ2n) is 4.41. The zero-order chi connectivity index (χ0) is 15.4. The SMILES string of the molecule is COc1ccc(N(C)C(=O)c2cc(Cl)ccc2OC)cc1. The van der Waals surface area contributed by atoms with Crippen molar-refractivity contribution >= 4 is 23.2 Å². The molecular formula is C16H16ClNO3. The molecule has 0 saturated heterocycles. The molecule has 21 heavy (non-hydrogen) atoms. The summed E-state index contributed by atoms with van der Waals surface area (Å²) >= 11 is 5.97. The van der Waals surface area contributed by atoms with Crippen molar-refractivity contribution in [1.82, 2.24) is 0 Å². The molecule has 0 unspecified atom stereocenters. The lowest BCUT2D eigenvalue weighted by Gasteiger charge is -2.19. The van der Waals surface area contributed by atoms with E-state index in [1.54, 1.807) is 44.5 Å². The van der Waals surface area contributed by atoms with Crippen LogP contribution in [0.15, 0.2) is 42.5 Å². The number of anilines is 1. The number of halogens is 1. The van der Waals surface area contributed by atoms with Crippen molar-refractivity contribution in [2.75, 3.05) is 26.2 Å². The van der Waals surface area contributed by atoms with Crippen LogP contribution in [0.3, 0.4) is 0 Å². The summed E-state index contributed by atoms with van der Waals surface area (Å²) in [7, 11) is 4.82. The molecule has 0 saturated carbocycles. The Labute approximate surface area is 128 Å². The normalized spacial score (nSPS) is 10.1. The number of methoxy groups -OCH3 is 2. The molecule has 0 aromatic heterocycles. The first kappa shape index (κ1) is 15.2. The van der Waals surface area contributed by atoms with Crippen molar-refractivity contribution in [2.24, 2.45) is 0 Å². The van der Waals surface area contributed by atoms with Gasteiger partial charge in [0.25, 0.3) is 5.91 Å². The van der Waals surface area contributed by atoms with Gasteiger partial charge in [-0.05, 0) is 42.5 Å². The van der Waals surface area contributed by atoms with Crippen molar-refractivity contribution in [3.8, 4) is 11.5 Å². The van der Waals surface area contributed by atoms with E-state index in [4.69, 9.17) is 21.1 Å². The molecule has 5 heteroatoms. The number of amides is 1. The standard InChI is InChI=1S/C16H16ClNO3/c1-18(12-5-7-13(20-2)8-6-12)16(19)14-10-11(17)4-9-15(14)21-3/h4-10H,1-3H3. The Bertz CT molecular complexity index is 640. The summed E-state index contributed by atoms with van der Waals surface area (Å²) in [5.74, 6) is 1.03. The van der Waals surface area contributed by atoms with Gasteiger partial charge in [-0.25, -0.2) is 0 Å². The van der Waals surface area contributed by atoms with Gasteiger partial charge >= 0.3 is 0 Å². The van der Waals surface area contributed by atoms with Gasteiger partial charge in [0.1, 0.15) is 11.5 Å². The summed E-state index contributed by atoms with van der Waals surface area (Å²) < 4.78 is 10.3. The van der Waals surface area contributed by atoms with Gasteiger partial charge in [-0.3, -0.25) is 4.79 Å². The van der Waals surface area contributed by atoms with E-state index in [-0.39, 0.29) is 5.91 Å². The van der Waals surface area contributed by atoms with Crippen LogP contribution in [0.2, 0.25) is 5.02 Å². The van der Waals surface area contributed by atoms with Gasteiger partial charge in [-0.15, -0.1) is 0 Å².